The number of aryl methyl sites for hydroxylation is 1. The van der Waals surface area contributed by atoms with Gasteiger partial charge in [-0.2, -0.15) is 0 Å². The first kappa shape index (κ1) is 17.8. The van der Waals surface area contributed by atoms with Crippen molar-refractivity contribution in [2.45, 2.75) is 13.3 Å². The van der Waals surface area contributed by atoms with Crippen molar-refractivity contribution in [3.63, 3.8) is 0 Å². The molecule has 158 valence electrons. The number of hydrogen-bond donors (Lipinski definition) is 0. The number of fused-ring (bicyclic) bond motifs is 3. The average molecular weight is 444 g/mol. The largest absolute Gasteiger partial charge is 0.256 e. The molecule has 0 fully saturated rings. The lowest BCUT2D eigenvalue weighted by Crippen LogP contribution is -1.91. The van der Waals surface area contributed by atoms with Crippen LogP contribution in [0.25, 0.3) is 42.6 Å². The van der Waals surface area contributed by atoms with Gasteiger partial charge in [-0.1, -0.05) is 84.9 Å². The third-order valence-corrected chi connectivity index (χ3v) is 7.22. The molecule has 0 saturated carbocycles. The maximum absolute atomic E-state index is 8.80. The molecule has 0 N–H and O–H groups in total. The molecule has 0 aliphatic rings. The highest BCUT2D eigenvalue weighted by atomic mass is 32.1. The fourth-order valence-corrected chi connectivity index (χ4v) is 5.74. The first-order valence-corrected chi connectivity index (χ1v) is 11.9. The normalized spacial score (nSPS) is 12.6. The first-order valence-electron chi connectivity index (χ1n) is 12.1. The van der Waals surface area contributed by atoms with Crippen molar-refractivity contribution in [3.8, 4) is 22.4 Å². The van der Waals surface area contributed by atoms with Gasteiger partial charge in [0.2, 0.25) is 0 Å². The number of aromatic nitrogens is 1. The molecule has 6 aromatic rings. The van der Waals surface area contributed by atoms with Gasteiger partial charge >= 0.3 is 0 Å². The van der Waals surface area contributed by atoms with Crippen molar-refractivity contribution in [1.29, 1.82) is 0 Å². The van der Waals surface area contributed by atoms with Crippen LogP contribution >= 0.6 is 11.3 Å². The van der Waals surface area contributed by atoms with Gasteiger partial charge in [0, 0.05) is 34.7 Å². The zero-order chi connectivity index (χ0) is 24.0. The third-order valence-electron chi connectivity index (χ3n) is 6.03. The molecule has 33 heavy (non-hydrogen) atoms. The van der Waals surface area contributed by atoms with Gasteiger partial charge in [-0.05, 0) is 59.3 Å². The zero-order valence-corrected chi connectivity index (χ0v) is 19.1. The Balaban J connectivity index is 1.51. The third kappa shape index (κ3) is 3.73. The van der Waals surface area contributed by atoms with Crippen molar-refractivity contribution < 1.29 is 2.74 Å². The number of hydrogen-bond acceptors (Lipinski definition) is 2. The zero-order valence-electron chi connectivity index (χ0n) is 20.2. The van der Waals surface area contributed by atoms with E-state index >= 15 is 0 Å². The number of thiophene rings is 1. The van der Waals surface area contributed by atoms with Crippen LogP contribution in [0.15, 0.2) is 109 Å². The summed E-state index contributed by atoms with van der Waals surface area (Å²) in [5, 5.41) is 2.50. The number of nitrogens with zero attached hydrogens (tertiary/aromatic N) is 1. The molecule has 6 rings (SSSR count). The second-order valence-corrected chi connectivity index (χ2v) is 9.29. The van der Waals surface area contributed by atoms with Crippen molar-refractivity contribution in [2.24, 2.45) is 0 Å². The summed E-state index contributed by atoms with van der Waals surface area (Å²) in [5.74, 6) is 0. The Labute approximate surface area is 200 Å². The minimum absolute atomic E-state index is 0.606. The Hall–Kier alpha value is -3.75. The van der Waals surface area contributed by atoms with E-state index in [2.05, 4.69) is 66.5 Å². The van der Waals surface area contributed by atoms with E-state index in [-0.39, 0.29) is 0 Å². The van der Waals surface area contributed by atoms with Crippen molar-refractivity contribution in [1.82, 2.24) is 4.98 Å². The molecule has 0 radical (unpaired) electrons. The Kier molecular flexibility index (Phi) is 4.47. The molecular formula is C31H23NS. The van der Waals surface area contributed by atoms with Crippen molar-refractivity contribution in [2.75, 3.05) is 0 Å². The lowest BCUT2D eigenvalue weighted by Gasteiger charge is -2.08. The summed E-state index contributed by atoms with van der Waals surface area (Å²) in [5.41, 5.74) is 6.73. The predicted octanol–water partition coefficient (Wildman–Crippen LogP) is 8.68. The molecule has 1 nitrogen and oxygen atoms in total. The van der Waals surface area contributed by atoms with Crippen LogP contribution in [-0.2, 0) is 6.37 Å². The lowest BCUT2D eigenvalue weighted by molar-refractivity contribution is 1.17. The maximum atomic E-state index is 8.80. The van der Waals surface area contributed by atoms with Gasteiger partial charge in [-0.3, -0.25) is 4.98 Å². The van der Waals surface area contributed by atoms with Crippen LogP contribution in [0.1, 0.15) is 19.4 Å². The highest BCUT2D eigenvalue weighted by Gasteiger charge is 2.14. The van der Waals surface area contributed by atoms with Gasteiger partial charge in [-0.15, -0.1) is 11.3 Å². The number of pyridine rings is 1. The summed E-state index contributed by atoms with van der Waals surface area (Å²) in [4.78, 5) is 4.67. The van der Waals surface area contributed by atoms with Gasteiger partial charge in [0.15, 0.2) is 0 Å². The van der Waals surface area contributed by atoms with Gasteiger partial charge in [0.05, 0.1) is 5.69 Å². The van der Waals surface area contributed by atoms with Crippen LogP contribution < -0.4 is 0 Å². The van der Waals surface area contributed by atoms with E-state index in [0.29, 0.717) is 11.1 Å². The van der Waals surface area contributed by atoms with E-state index in [1.165, 1.54) is 36.9 Å². The minimum atomic E-state index is -1.60. The minimum Gasteiger partial charge on any atom is -0.256 e. The smallest absolute Gasteiger partial charge is 0.0719 e. The molecule has 4 aromatic carbocycles. The quantitative estimate of drug-likeness (QED) is 0.265. The van der Waals surface area contributed by atoms with Crippen LogP contribution in [0.4, 0.5) is 0 Å². The molecule has 2 heteroatoms. The fourth-order valence-electron chi connectivity index (χ4n) is 4.40. The monoisotopic (exact) mass is 443 g/mol. The van der Waals surface area contributed by atoms with E-state index in [1.807, 2.05) is 42.5 Å². The van der Waals surface area contributed by atoms with Crippen LogP contribution in [0, 0.1) is 6.92 Å². The maximum Gasteiger partial charge on any atom is 0.0719 e. The Morgan fingerprint density at radius 3 is 2.36 bits per heavy atom. The molecule has 2 aromatic heterocycles. The molecule has 0 aliphatic heterocycles. The molecule has 0 aliphatic carbocycles. The summed E-state index contributed by atoms with van der Waals surface area (Å²) < 4.78 is 20.0. The average Bonchev–Trinajstić information content (AvgIpc) is 3.29. The molecule has 0 saturated heterocycles. The van der Waals surface area contributed by atoms with Gasteiger partial charge in [0.25, 0.3) is 0 Å². The van der Waals surface area contributed by atoms with Gasteiger partial charge in [-0.25, -0.2) is 0 Å². The van der Waals surface area contributed by atoms with Crippen LogP contribution in [-0.4, -0.2) is 4.98 Å². The molecule has 0 amide bonds. The van der Waals surface area contributed by atoms with E-state index in [9.17, 15) is 0 Å². The van der Waals surface area contributed by atoms with E-state index in [1.54, 1.807) is 23.6 Å². The topological polar surface area (TPSA) is 12.9 Å². The Bertz CT molecular complexity index is 1670. The first-order chi connectivity index (χ1) is 17.0. The molecule has 0 spiro atoms. The van der Waals surface area contributed by atoms with E-state index in [0.717, 1.165) is 11.3 Å². The second kappa shape index (κ2) is 8.31. The van der Waals surface area contributed by atoms with Gasteiger partial charge in [0.1, 0.15) is 0 Å². The number of benzene rings is 4. The molecule has 0 atom stereocenters. The molecule has 2 heterocycles. The van der Waals surface area contributed by atoms with Gasteiger partial charge < -0.3 is 0 Å². The SMILES string of the molecule is [2H]C([2H])(c1ccccc1)c1ccnc(-c2ccc(C)c3c2sc2cc(-c4ccccc4)ccc23)c1. The molecule has 0 unspecified atom stereocenters. The summed E-state index contributed by atoms with van der Waals surface area (Å²) in [6, 6.07) is 34.4. The molecular weight excluding hydrogens is 418 g/mol. The van der Waals surface area contributed by atoms with Crippen LogP contribution in [0.3, 0.4) is 0 Å². The summed E-state index contributed by atoms with van der Waals surface area (Å²) in [6.07, 6.45) is 0.117. The molecule has 0 bridgehead atoms. The van der Waals surface area contributed by atoms with Crippen LogP contribution in [0.5, 0.6) is 0 Å². The van der Waals surface area contributed by atoms with E-state index in [4.69, 9.17) is 2.74 Å². The lowest BCUT2D eigenvalue weighted by atomic mass is 9.99. The predicted molar refractivity (Wildman–Crippen MR) is 142 cm³/mol. The summed E-state index contributed by atoms with van der Waals surface area (Å²) in [6.45, 7) is 2.15. The Morgan fingerprint density at radius 1 is 0.758 bits per heavy atom. The highest BCUT2D eigenvalue weighted by molar-refractivity contribution is 7.26. The summed E-state index contributed by atoms with van der Waals surface area (Å²) in [7, 11) is 0. The standard InChI is InChI=1S/C31H23NS/c1-21-12-14-26(28-19-23(16-17-32-28)18-22-8-4-2-5-9-22)31-30(21)27-15-13-25(20-29(27)33-31)24-10-6-3-7-11-24/h2-17,19-20H,18H2,1H3/i18D2. The fraction of sp³-hybridized carbons (Fsp3) is 0.0645. The second-order valence-electron chi connectivity index (χ2n) is 8.23. The highest BCUT2D eigenvalue weighted by Crippen LogP contribution is 2.42. The number of rotatable bonds is 4. The van der Waals surface area contributed by atoms with Crippen LogP contribution in [0.2, 0.25) is 0 Å². The van der Waals surface area contributed by atoms with Crippen molar-refractivity contribution >= 4 is 31.5 Å². The Morgan fingerprint density at radius 2 is 1.55 bits per heavy atom. The van der Waals surface area contributed by atoms with E-state index < -0.39 is 6.37 Å². The van der Waals surface area contributed by atoms with Crippen molar-refractivity contribution in [3.05, 3.63) is 126 Å². The summed E-state index contributed by atoms with van der Waals surface area (Å²) >= 11 is 1.78.